The van der Waals surface area contributed by atoms with Gasteiger partial charge in [0.1, 0.15) is 24.0 Å². The highest BCUT2D eigenvalue weighted by Gasteiger charge is 2.42. The summed E-state index contributed by atoms with van der Waals surface area (Å²) in [6, 6.07) is 1.86. The number of H-pyrrole nitrogens is 1. The normalized spacial score (nSPS) is 31.5. The SMILES string of the molecule is C[C@H]1O[C@@H](c2ncc3cc[nH]c3n2)[C@H](O)[C@@H]1O.Cl. The molecule has 18 heavy (non-hydrogen) atoms. The molecule has 7 heteroatoms. The lowest BCUT2D eigenvalue weighted by Gasteiger charge is -2.12. The fraction of sp³-hybridized carbons (Fsp3) is 0.455. The van der Waals surface area contributed by atoms with Crippen LogP contribution in [0.4, 0.5) is 0 Å². The molecule has 2 aromatic heterocycles. The first kappa shape index (κ1) is 13.2. The van der Waals surface area contributed by atoms with Crippen LogP contribution in [0.1, 0.15) is 18.9 Å². The average Bonchev–Trinajstić information content (AvgIpc) is 2.89. The molecule has 2 aromatic rings. The highest BCUT2D eigenvalue weighted by atomic mass is 35.5. The van der Waals surface area contributed by atoms with E-state index in [4.69, 9.17) is 4.74 Å². The Morgan fingerprint density at radius 1 is 1.33 bits per heavy atom. The monoisotopic (exact) mass is 271 g/mol. The Morgan fingerprint density at radius 3 is 2.78 bits per heavy atom. The molecule has 1 saturated heterocycles. The fourth-order valence-electron chi connectivity index (χ4n) is 2.05. The van der Waals surface area contributed by atoms with Crippen molar-refractivity contribution in [3.63, 3.8) is 0 Å². The van der Waals surface area contributed by atoms with Crippen molar-refractivity contribution in [3.05, 3.63) is 24.3 Å². The Hall–Kier alpha value is -1.21. The number of aromatic amines is 1. The van der Waals surface area contributed by atoms with Crippen LogP contribution in [0.15, 0.2) is 18.5 Å². The molecule has 0 amide bonds. The Kier molecular flexibility index (Phi) is 3.54. The van der Waals surface area contributed by atoms with E-state index in [1.54, 1.807) is 19.3 Å². The van der Waals surface area contributed by atoms with Crippen LogP contribution in [-0.2, 0) is 4.74 Å². The van der Waals surface area contributed by atoms with Gasteiger partial charge in [0.25, 0.3) is 0 Å². The molecule has 1 aliphatic rings. The summed E-state index contributed by atoms with van der Waals surface area (Å²) in [4.78, 5) is 11.4. The highest BCUT2D eigenvalue weighted by Crippen LogP contribution is 2.31. The van der Waals surface area contributed by atoms with Gasteiger partial charge in [0.2, 0.25) is 0 Å². The van der Waals surface area contributed by atoms with E-state index in [0.29, 0.717) is 11.5 Å². The molecule has 0 bridgehead atoms. The highest BCUT2D eigenvalue weighted by molar-refractivity contribution is 5.85. The number of nitrogens with one attached hydrogen (secondary N) is 1. The molecule has 1 fully saturated rings. The summed E-state index contributed by atoms with van der Waals surface area (Å²) in [7, 11) is 0. The summed E-state index contributed by atoms with van der Waals surface area (Å²) in [5, 5.41) is 20.4. The van der Waals surface area contributed by atoms with E-state index in [2.05, 4.69) is 15.0 Å². The number of fused-ring (bicyclic) bond motifs is 1. The lowest BCUT2D eigenvalue weighted by molar-refractivity contribution is 0.00984. The molecule has 0 unspecified atom stereocenters. The van der Waals surface area contributed by atoms with Crippen molar-refractivity contribution >= 4 is 23.4 Å². The number of nitrogens with zero attached hydrogens (tertiary/aromatic N) is 2. The first-order valence-electron chi connectivity index (χ1n) is 5.48. The number of halogens is 1. The van der Waals surface area contributed by atoms with Crippen molar-refractivity contribution in [1.82, 2.24) is 15.0 Å². The minimum absolute atomic E-state index is 0. The van der Waals surface area contributed by atoms with Crippen molar-refractivity contribution in [1.29, 1.82) is 0 Å². The molecular formula is C11H14ClN3O3. The molecule has 0 aliphatic carbocycles. The number of rotatable bonds is 1. The Bertz CT molecular complexity index is 547. The summed E-state index contributed by atoms with van der Waals surface area (Å²) < 4.78 is 5.46. The van der Waals surface area contributed by atoms with Gasteiger partial charge in [-0.15, -0.1) is 12.4 Å². The van der Waals surface area contributed by atoms with Gasteiger partial charge in [0, 0.05) is 17.8 Å². The summed E-state index contributed by atoms with van der Waals surface area (Å²) in [5.74, 6) is 0.385. The van der Waals surface area contributed by atoms with Crippen molar-refractivity contribution in [3.8, 4) is 0 Å². The van der Waals surface area contributed by atoms with Gasteiger partial charge in [-0.25, -0.2) is 9.97 Å². The summed E-state index contributed by atoms with van der Waals surface area (Å²) in [5.41, 5.74) is 0.694. The van der Waals surface area contributed by atoms with Crippen molar-refractivity contribution in [2.24, 2.45) is 0 Å². The smallest absolute Gasteiger partial charge is 0.162 e. The van der Waals surface area contributed by atoms with Crippen molar-refractivity contribution in [2.75, 3.05) is 0 Å². The van der Waals surface area contributed by atoms with Gasteiger partial charge in [-0.1, -0.05) is 0 Å². The van der Waals surface area contributed by atoms with Gasteiger partial charge < -0.3 is 19.9 Å². The van der Waals surface area contributed by atoms with E-state index in [1.807, 2.05) is 6.07 Å². The van der Waals surface area contributed by atoms with Crippen LogP contribution in [0.25, 0.3) is 11.0 Å². The largest absolute Gasteiger partial charge is 0.388 e. The Labute approximate surface area is 109 Å². The molecule has 3 N–H and O–H groups in total. The van der Waals surface area contributed by atoms with Crippen LogP contribution in [0.5, 0.6) is 0 Å². The van der Waals surface area contributed by atoms with Crippen LogP contribution < -0.4 is 0 Å². The van der Waals surface area contributed by atoms with Gasteiger partial charge in [-0.3, -0.25) is 0 Å². The molecule has 3 rings (SSSR count). The van der Waals surface area contributed by atoms with E-state index in [-0.39, 0.29) is 12.4 Å². The predicted molar refractivity (Wildman–Crippen MR) is 66.4 cm³/mol. The predicted octanol–water partition coefficient (Wildman–Crippen LogP) is 0.561. The third-order valence-electron chi connectivity index (χ3n) is 3.08. The quantitative estimate of drug-likeness (QED) is 0.705. The topological polar surface area (TPSA) is 91.3 Å². The van der Waals surface area contributed by atoms with Crippen LogP contribution in [0.2, 0.25) is 0 Å². The maximum atomic E-state index is 9.84. The van der Waals surface area contributed by atoms with Crippen LogP contribution >= 0.6 is 12.4 Å². The molecular weight excluding hydrogens is 258 g/mol. The van der Waals surface area contributed by atoms with Crippen molar-refractivity contribution in [2.45, 2.75) is 31.3 Å². The number of hydrogen-bond acceptors (Lipinski definition) is 5. The van der Waals surface area contributed by atoms with Crippen LogP contribution in [0.3, 0.4) is 0 Å². The van der Waals surface area contributed by atoms with E-state index >= 15 is 0 Å². The number of hydrogen-bond donors (Lipinski definition) is 3. The maximum absolute atomic E-state index is 9.84. The van der Waals surface area contributed by atoms with E-state index < -0.39 is 24.4 Å². The minimum Gasteiger partial charge on any atom is -0.388 e. The first-order valence-corrected chi connectivity index (χ1v) is 5.48. The van der Waals surface area contributed by atoms with Gasteiger partial charge in [0.05, 0.1) is 6.10 Å². The van der Waals surface area contributed by atoms with Gasteiger partial charge in [0.15, 0.2) is 5.82 Å². The lowest BCUT2D eigenvalue weighted by Crippen LogP contribution is -2.29. The lowest BCUT2D eigenvalue weighted by atomic mass is 10.1. The standard InChI is InChI=1S/C11H13N3O3.ClH/c1-5-7(15)8(16)9(17-5)11-13-4-6-2-3-12-10(6)14-11;/h2-5,7-9,15-16H,1H3,(H,12,13,14);1H/t5-,7-,8-,9-;/m1./s1. The zero-order chi connectivity index (χ0) is 12.0. The number of aliphatic hydroxyl groups is 2. The van der Waals surface area contributed by atoms with Gasteiger partial charge >= 0.3 is 0 Å². The third-order valence-corrected chi connectivity index (χ3v) is 3.08. The van der Waals surface area contributed by atoms with E-state index in [1.165, 1.54) is 0 Å². The molecule has 98 valence electrons. The summed E-state index contributed by atoms with van der Waals surface area (Å²) in [6.45, 7) is 1.71. The number of aromatic nitrogens is 3. The Morgan fingerprint density at radius 2 is 2.11 bits per heavy atom. The second-order valence-electron chi connectivity index (χ2n) is 4.25. The minimum atomic E-state index is -0.989. The van der Waals surface area contributed by atoms with Crippen molar-refractivity contribution < 1.29 is 14.9 Å². The molecule has 1 aliphatic heterocycles. The molecule has 4 atom stereocenters. The molecule has 0 radical (unpaired) electrons. The number of ether oxygens (including phenoxy) is 1. The Balaban J connectivity index is 0.00000120. The molecule has 6 nitrogen and oxygen atoms in total. The zero-order valence-electron chi connectivity index (χ0n) is 9.65. The average molecular weight is 272 g/mol. The third kappa shape index (κ3) is 1.97. The first-order chi connectivity index (χ1) is 8.16. The number of aliphatic hydroxyl groups excluding tert-OH is 2. The second kappa shape index (κ2) is 4.81. The van der Waals surface area contributed by atoms with Gasteiger partial charge in [-0.05, 0) is 13.0 Å². The van der Waals surface area contributed by atoms with Crippen LogP contribution in [-0.4, -0.2) is 43.5 Å². The van der Waals surface area contributed by atoms with E-state index in [9.17, 15) is 10.2 Å². The fourth-order valence-corrected chi connectivity index (χ4v) is 2.05. The van der Waals surface area contributed by atoms with E-state index in [0.717, 1.165) is 5.39 Å². The van der Waals surface area contributed by atoms with Crippen LogP contribution in [0, 0.1) is 0 Å². The second-order valence-corrected chi connectivity index (χ2v) is 4.25. The maximum Gasteiger partial charge on any atom is 0.162 e. The molecule has 0 spiro atoms. The molecule has 0 aromatic carbocycles. The molecule has 0 saturated carbocycles. The zero-order valence-corrected chi connectivity index (χ0v) is 10.5. The summed E-state index contributed by atoms with van der Waals surface area (Å²) in [6.07, 6.45) is 0.456. The molecule has 3 heterocycles. The van der Waals surface area contributed by atoms with Gasteiger partial charge in [-0.2, -0.15) is 0 Å². The summed E-state index contributed by atoms with van der Waals surface area (Å²) >= 11 is 0.